The molecule has 0 amide bonds. The largest absolute Gasteiger partial charge is 0.394 e. The zero-order valence-electron chi connectivity index (χ0n) is 7.57. The van der Waals surface area contributed by atoms with Gasteiger partial charge in [0.25, 0.3) is 0 Å². The van der Waals surface area contributed by atoms with E-state index < -0.39 is 26.0 Å². The van der Waals surface area contributed by atoms with Crippen LogP contribution in [0.1, 0.15) is 6.92 Å². The summed E-state index contributed by atoms with van der Waals surface area (Å²) in [6, 6.07) is 0. The monoisotopic (exact) mass is 178 g/mol. The maximum atomic E-state index is 9.48. The predicted octanol–water partition coefficient (Wildman–Crippen LogP) is -0.0336. The molecule has 0 aromatic rings. The molecule has 68 valence electrons. The maximum absolute atomic E-state index is 9.48. The first-order valence-electron chi connectivity index (χ1n) is 3.81. The molecule has 0 aliphatic rings. The van der Waals surface area contributed by atoms with E-state index >= 15 is 0 Å². The number of aliphatic hydroxyl groups is 3. The first-order chi connectivity index (χ1) is 4.76. The Morgan fingerprint density at radius 2 is 1.36 bits per heavy atom. The van der Waals surface area contributed by atoms with Crippen molar-refractivity contribution in [2.24, 2.45) is 0 Å². The van der Waals surface area contributed by atoms with E-state index in [0.717, 1.165) is 0 Å². The normalized spacial score (nSPS) is 21.0. The van der Waals surface area contributed by atoms with Crippen molar-refractivity contribution in [2.45, 2.75) is 44.5 Å². The van der Waals surface area contributed by atoms with Crippen molar-refractivity contribution in [3.63, 3.8) is 0 Å². The Morgan fingerprint density at radius 3 is 1.45 bits per heavy atom. The third-order valence-corrected chi connectivity index (χ3v) is 3.82. The first kappa shape index (κ1) is 11.1. The summed E-state index contributed by atoms with van der Waals surface area (Å²) in [5.74, 6) is 0. The molecule has 0 rings (SSSR count). The molecule has 0 radical (unpaired) electrons. The van der Waals surface area contributed by atoms with Crippen molar-refractivity contribution in [2.75, 3.05) is 0 Å². The highest BCUT2D eigenvalue weighted by atomic mass is 28.3. The van der Waals surface area contributed by atoms with Gasteiger partial charge in [0.15, 0.2) is 0 Å². The summed E-state index contributed by atoms with van der Waals surface area (Å²) >= 11 is 0. The molecule has 0 aromatic heterocycles. The smallest absolute Gasteiger partial charge is 0.102 e. The number of rotatable bonds is 3. The lowest BCUT2D eigenvalue weighted by Crippen LogP contribution is -2.50. The second-order valence-corrected chi connectivity index (χ2v) is 9.37. The third-order valence-electron chi connectivity index (χ3n) is 1.71. The molecule has 3 atom stereocenters. The average Bonchev–Trinajstić information content (AvgIpc) is 1.82. The Morgan fingerprint density at radius 1 is 1.00 bits per heavy atom. The Kier molecular flexibility index (Phi) is 3.70. The molecule has 0 fully saturated rings. The Balaban J connectivity index is 4.13. The topological polar surface area (TPSA) is 60.7 Å². The fourth-order valence-corrected chi connectivity index (χ4v) is 2.08. The van der Waals surface area contributed by atoms with Crippen molar-refractivity contribution in [1.82, 2.24) is 0 Å². The highest BCUT2D eigenvalue weighted by Crippen LogP contribution is 2.13. The zero-order valence-corrected chi connectivity index (χ0v) is 8.57. The minimum absolute atomic E-state index is 0.748. The minimum Gasteiger partial charge on any atom is -0.394 e. The van der Waals surface area contributed by atoms with E-state index in [4.69, 9.17) is 5.11 Å². The molecular weight excluding hydrogens is 160 g/mol. The summed E-state index contributed by atoms with van der Waals surface area (Å²) in [6.45, 7) is 7.32. The van der Waals surface area contributed by atoms with Gasteiger partial charge in [-0.3, -0.25) is 0 Å². The van der Waals surface area contributed by atoms with E-state index in [1.54, 1.807) is 0 Å². The van der Waals surface area contributed by atoms with Crippen LogP contribution in [0.3, 0.4) is 0 Å². The van der Waals surface area contributed by atoms with E-state index in [1.165, 1.54) is 6.92 Å². The third kappa shape index (κ3) is 3.33. The van der Waals surface area contributed by atoms with Gasteiger partial charge in [0.2, 0.25) is 0 Å². The van der Waals surface area contributed by atoms with Crippen LogP contribution in [-0.4, -0.2) is 41.3 Å². The van der Waals surface area contributed by atoms with E-state index in [2.05, 4.69) is 0 Å². The Bertz CT molecular complexity index is 119. The second kappa shape index (κ2) is 3.67. The van der Waals surface area contributed by atoms with E-state index in [1.807, 2.05) is 19.6 Å². The molecule has 4 heteroatoms. The summed E-state index contributed by atoms with van der Waals surface area (Å²) < 4.78 is 0. The summed E-state index contributed by atoms with van der Waals surface area (Å²) in [4.78, 5) is 0. The van der Waals surface area contributed by atoms with Crippen LogP contribution in [0.25, 0.3) is 0 Å². The fourth-order valence-electron chi connectivity index (χ4n) is 0.776. The van der Waals surface area contributed by atoms with Gasteiger partial charge in [-0.25, -0.2) is 0 Å². The van der Waals surface area contributed by atoms with Gasteiger partial charge in [-0.05, 0) is 6.92 Å². The van der Waals surface area contributed by atoms with Crippen LogP contribution in [0, 0.1) is 0 Å². The van der Waals surface area contributed by atoms with Crippen LogP contribution in [0.2, 0.25) is 19.6 Å². The maximum Gasteiger partial charge on any atom is 0.102 e. The molecule has 1 unspecified atom stereocenters. The van der Waals surface area contributed by atoms with Crippen LogP contribution < -0.4 is 0 Å². The average molecular weight is 178 g/mol. The van der Waals surface area contributed by atoms with Gasteiger partial charge in [-0.15, -0.1) is 0 Å². The fraction of sp³-hybridized carbons (Fsp3) is 1.00. The van der Waals surface area contributed by atoms with Crippen molar-refractivity contribution >= 4 is 8.07 Å². The highest BCUT2D eigenvalue weighted by molar-refractivity contribution is 6.77. The summed E-state index contributed by atoms with van der Waals surface area (Å²) in [7, 11) is -1.74. The summed E-state index contributed by atoms with van der Waals surface area (Å²) in [5, 5.41) is 27.7. The highest BCUT2D eigenvalue weighted by Gasteiger charge is 2.33. The van der Waals surface area contributed by atoms with Crippen LogP contribution in [-0.2, 0) is 0 Å². The predicted molar refractivity (Wildman–Crippen MR) is 47.0 cm³/mol. The van der Waals surface area contributed by atoms with Gasteiger partial charge < -0.3 is 15.3 Å². The van der Waals surface area contributed by atoms with Crippen molar-refractivity contribution < 1.29 is 15.3 Å². The summed E-state index contributed by atoms with van der Waals surface area (Å²) in [5.41, 5.74) is -0.748. The van der Waals surface area contributed by atoms with Crippen LogP contribution in [0.5, 0.6) is 0 Å². The lowest BCUT2D eigenvalue weighted by molar-refractivity contribution is -0.0245. The molecule has 0 saturated carbocycles. The van der Waals surface area contributed by atoms with Gasteiger partial charge in [-0.2, -0.15) is 0 Å². The Labute approximate surface area is 68.7 Å². The number of aliphatic hydroxyl groups excluding tert-OH is 3. The molecule has 11 heavy (non-hydrogen) atoms. The number of hydrogen-bond acceptors (Lipinski definition) is 3. The standard InChI is InChI=1S/C7H18O3Si/c1-5(8)6(9)7(10)11(2,3)4/h5-10H,1-4H3/t5-,6+,7?/m0/s1. The van der Waals surface area contributed by atoms with Gasteiger partial charge in [-0.1, -0.05) is 19.6 Å². The van der Waals surface area contributed by atoms with Gasteiger partial charge >= 0.3 is 0 Å². The van der Waals surface area contributed by atoms with Crippen LogP contribution in [0.4, 0.5) is 0 Å². The molecule has 0 aromatic carbocycles. The van der Waals surface area contributed by atoms with Gasteiger partial charge in [0.1, 0.15) is 6.10 Å². The summed E-state index contributed by atoms with van der Waals surface area (Å²) in [6.07, 6.45) is -1.85. The van der Waals surface area contributed by atoms with Crippen molar-refractivity contribution in [3.8, 4) is 0 Å². The molecule has 0 saturated heterocycles. The molecule has 0 aliphatic heterocycles. The molecule has 0 heterocycles. The molecule has 0 aliphatic carbocycles. The van der Waals surface area contributed by atoms with Crippen LogP contribution >= 0.6 is 0 Å². The first-order valence-corrected chi connectivity index (χ1v) is 7.38. The SMILES string of the molecule is C[C@H](O)[C@@H](O)C(O)[Si](C)(C)C. The second-order valence-electron chi connectivity index (χ2n) is 4.04. The van der Waals surface area contributed by atoms with Crippen molar-refractivity contribution in [1.29, 1.82) is 0 Å². The van der Waals surface area contributed by atoms with Crippen LogP contribution in [0.15, 0.2) is 0 Å². The molecular formula is C7H18O3Si. The van der Waals surface area contributed by atoms with Gasteiger partial charge in [0, 0.05) is 0 Å². The number of hydrogen-bond donors (Lipinski definition) is 3. The van der Waals surface area contributed by atoms with E-state index in [9.17, 15) is 10.2 Å². The lowest BCUT2D eigenvalue weighted by atomic mass is 10.2. The van der Waals surface area contributed by atoms with Crippen molar-refractivity contribution in [3.05, 3.63) is 0 Å². The quantitative estimate of drug-likeness (QED) is 0.532. The Hall–Kier alpha value is 0.0969. The molecule has 0 bridgehead atoms. The van der Waals surface area contributed by atoms with E-state index in [-0.39, 0.29) is 0 Å². The van der Waals surface area contributed by atoms with Gasteiger partial charge in [0.05, 0.1) is 19.9 Å². The molecule has 3 nitrogen and oxygen atoms in total. The lowest BCUT2D eigenvalue weighted by Gasteiger charge is -2.29. The zero-order chi connectivity index (χ0) is 9.23. The van der Waals surface area contributed by atoms with E-state index in [0.29, 0.717) is 0 Å². The molecule has 0 spiro atoms. The minimum atomic E-state index is -1.74. The molecule has 3 N–H and O–H groups in total.